The van der Waals surface area contributed by atoms with E-state index in [0.29, 0.717) is 0 Å². The Balaban J connectivity index is 3.73. The van der Waals surface area contributed by atoms with Gasteiger partial charge in [-0.05, 0) is 12.8 Å². The van der Waals surface area contributed by atoms with Crippen molar-refractivity contribution in [2.75, 3.05) is 12.0 Å². The molecule has 0 radical (unpaired) electrons. The smallest absolute Gasteiger partial charge is 0.389 e. The van der Waals surface area contributed by atoms with Crippen LogP contribution < -0.4 is 0 Å². The lowest BCUT2D eigenvalue weighted by molar-refractivity contribution is -0.140. The molecule has 7 heteroatoms. The van der Waals surface area contributed by atoms with Crippen molar-refractivity contribution in [3.8, 4) is 0 Å². The average molecular weight is 234 g/mol. The van der Waals surface area contributed by atoms with E-state index in [2.05, 4.69) is 0 Å². The van der Waals surface area contributed by atoms with Crippen LogP contribution >= 0.6 is 0 Å². The first-order chi connectivity index (χ1) is 6.10. The van der Waals surface area contributed by atoms with E-state index in [4.69, 9.17) is 5.11 Å². The number of aliphatic hydroxyl groups is 1. The largest absolute Gasteiger partial charge is 0.393 e. The second kappa shape index (κ2) is 4.97. The number of rotatable bonds is 5. The van der Waals surface area contributed by atoms with E-state index in [0.717, 1.165) is 6.26 Å². The minimum Gasteiger partial charge on any atom is -0.393 e. The van der Waals surface area contributed by atoms with Gasteiger partial charge < -0.3 is 5.11 Å². The molecule has 0 aliphatic rings. The Kier molecular flexibility index (Phi) is 4.87. The fourth-order valence-corrected chi connectivity index (χ4v) is 1.52. The monoisotopic (exact) mass is 234 g/mol. The predicted molar refractivity (Wildman–Crippen MR) is 45.6 cm³/mol. The second-order valence-corrected chi connectivity index (χ2v) is 5.49. The van der Waals surface area contributed by atoms with Gasteiger partial charge >= 0.3 is 6.18 Å². The first kappa shape index (κ1) is 13.7. The van der Waals surface area contributed by atoms with Crippen LogP contribution in [-0.2, 0) is 9.84 Å². The van der Waals surface area contributed by atoms with E-state index in [1.54, 1.807) is 0 Å². The molecule has 0 aromatic heterocycles. The number of aliphatic hydroxyl groups excluding tert-OH is 1. The summed E-state index contributed by atoms with van der Waals surface area (Å²) >= 11 is 0. The molecule has 0 amide bonds. The molecule has 0 aliphatic heterocycles. The van der Waals surface area contributed by atoms with Gasteiger partial charge in [0.1, 0.15) is 9.84 Å². The van der Waals surface area contributed by atoms with Crippen LogP contribution in [0.5, 0.6) is 0 Å². The van der Waals surface area contributed by atoms with Crippen molar-refractivity contribution in [2.24, 2.45) is 0 Å². The molecular weight excluding hydrogens is 221 g/mol. The molecule has 0 aromatic rings. The zero-order chi connectivity index (χ0) is 11.4. The highest BCUT2D eigenvalue weighted by Gasteiger charge is 2.27. The Morgan fingerprint density at radius 3 is 2.14 bits per heavy atom. The van der Waals surface area contributed by atoms with Gasteiger partial charge in [-0.3, -0.25) is 0 Å². The molecule has 0 saturated heterocycles. The van der Waals surface area contributed by atoms with Crippen LogP contribution in [0.2, 0.25) is 0 Å². The average Bonchev–Trinajstić information content (AvgIpc) is 1.94. The molecule has 0 rings (SSSR count). The molecule has 1 unspecified atom stereocenters. The minimum absolute atomic E-state index is 0.144. The van der Waals surface area contributed by atoms with E-state index >= 15 is 0 Å². The summed E-state index contributed by atoms with van der Waals surface area (Å²) in [7, 11) is -3.21. The van der Waals surface area contributed by atoms with E-state index in [-0.39, 0.29) is 12.2 Å². The lowest BCUT2D eigenvalue weighted by Gasteiger charge is -2.11. The zero-order valence-corrected chi connectivity index (χ0v) is 8.53. The highest BCUT2D eigenvalue weighted by atomic mass is 32.2. The van der Waals surface area contributed by atoms with Gasteiger partial charge in [-0.2, -0.15) is 13.2 Å². The van der Waals surface area contributed by atoms with Crippen LogP contribution in [0.4, 0.5) is 13.2 Å². The van der Waals surface area contributed by atoms with E-state index in [1.807, 2.05) is 0 Å². The number of hydrogen-bond donors (Lipinski definition) is 1. The summed E-state index contributed by atoms with van der Waals surface area (Å²) < 4.78 is 56.2. The molecule has 0 aliphatic carbocycles. The van der Waals surface area contributed by atoms with Gasteiger partial charge in [-0.15, -0.1) is 0 Å². The maximum Gasteiger partial charge on any atom is 0.389 e. The lowest BCUT2D eigenvalue weighted by atomic mass is 10.1. The van der Waals surface area contributed by atoms with Crippen LogP contribution in [0.25, 0.3) is 0 Å². The van der Waals surface area contributed by atoms with Gasteiger partial charge in [-0.25, -0.2) is 8.42 Å². The molecule has 0 bridgehead atoms. The third-order valence-corrected chi connectivity index (χ3v) is 2.56. The van der Waals surface area contributed by atoms with Crippen LogP contribution in [0.3, 0.4) is 0 Å². The Bertz CT molecular complexity index is 258. The molecule has 1 N–H and O–H groups in total. The molecule has 0 spiro atoms. The first-order valence-corrected chi connectivity index (χ1v) is 6.09. The van der Waals surface area contributed by atoms with Gasteiger partial charge in [0.05, 0.1) is 11.9 Å². The van der Waals surface area contributed by atoms with Crippen molar-refractivity contribution >= 4 is 9.84 Å². The molecule has 14 heavy (non-hydrogen) atoms. The molecule has 0 saturated carbocycles. The number of alkyl halides is 3. The van der Waals surface area contributed by atoms with E-state index < -0.39 is 35.0 Å². The Labute approximate surface area is 80.8 Å². The highest BCUT2D eigenvalue weighted by Crippen LogP contribution is 2.22. The van der Waals surface area contributed by atoms with Crippen molar-refractivity contribution in [3.05, 3.63) is 0 Å². The Morgan fingerprint density at radius 2 is 1.79 bits per heavy atom. The molecule has 86 valence electrons. The summed E-state index contributed by atoms with van der Waals surface area (Å²) in [6, 6.07) is 0. The molecule has 0 fully saturated rings. The predicted octanol–water partition coefficient (Wildman–Crippen LogP) is 1.12. The van der Waals surface area contributed by atoms with Gasteiger partial charge in [-0.1, -0.05) is 0 Å². The van der Waals surface area contributed by atoms with Gasteiger partial charge in [0, 0.05) is 12.7 Å². The molecular formula is C7H13F3O3S. The summed E-state index contributed by atoms with van der Waals surface area (Å²) in [6.07, 6.45) is -6.20. The summed E-state index contributed by atoms with van der Waals surface area (Å²) in [4.78, 5) is 0. The molecule has 1 atom stereocenters. The van der Waals surface area contributed by atoms with Crippen molar-refractivity contribution in [3.63, 3.8) is 0 Å². The number of halogens is 3. The van der Waals surface area contributed by atoms with Crippen LogP contribution in [0.1, 0.15) is 19.3 Å². The lowest BCUT2D eigenvalue weighted by Crippen LogP contribution is -2.17. The fourth-order valence-electron chi connectivity index (χ4n) is 0.825. The van der Waals surface area contributed by atoms with Crippen LogP contribution in [0.15, 0.2) is 0 Å². The quantitative estimate of drug-likeness (QED) is 0.775. The number of sulfone groups is 1. The molecule has 0 aromatic carbocycles. The van der Waals surface area contributed by atoms with Crippen LogP contribution in [-0.4, -0.2) is 37.8 Å². The van der Waals surface area contributed by atoms with Gasteiger partial charge in [0.15, 0.2) is 0 Å². The minimum atomic E-state index is -4.30. The fraction of sp³-hybridized carbons (Fsp3) is 1.00. The standard InChI is InChI=1S/C7H13F3O3S/c1-14(12,13)5-3-6(11)2-4-7(8,9)10/h6,11H,2-5H2,1H3. The third kappa shape index (κ3) is 9.79. The first-order valence-electron chi connectivity index (χ1n) is 4.03. The molecule has 0 heterocycles. The summed E-state index contributed by atoms with van der Waals surface area (Å²) in [5.41, 5.74) is 0. The van der Waals surface area contributed by atoms with E-state index in [9.17, 15) is 21.6 Å². The molecule has 3 nitrogen and oxygen atoms in total. The zero-order valence-electron chi connectivity index (χ0n) is 7.71. The third-order valence-electron chi connectivity index (χ3n) is 1.58. The highest BCUT2D eigenvalue weighted by molar-refractivity contribution is 7.90. The van der Waals surface area contributed by atoms with Crippen molar-refractivity contribution < 1.29 is 26.7 Å². The van der Waals surface area contributed by atoms with E-state index in [1.165, 1.54) is 0 Å². The summed E-state index contributed by atoms with van der Waals surface area (Å²) in [5, 5.41) is 9.01. The maximum atomic E-state index is 11.7. The maximum absolute atomic E-state index is 11.7. The van der Waals surface area contributed by atoms with Crippen molar-refractivity contribution in [1.82, 2.24) is 0 Å². The van der Waals surface area contributed by atoms with Gasteiger partial charge in [0.2, 0.25) is 0 Å². The normalized spacial score (nSPS) is 15.5. The SMILES string of the molecule is CS(=O)(=O)CCC(O)CCC(F)(F)F. The van der Waals surface area contributed by atoms with Crippen molar-refractivity contribution in [2.45, 2.75) is 31.5 Å². The van der Waals surface area contributed by atoms with Crippen LogP contribution in [0, 0.1) is 0 Å². The topological polar surface area (TPSA) is 54.4 Å². The summed E-state index contributed by atoms with van der Waals surface area (Å²) in [6.45, 7) is 0. The Morgan fingerprint density at radius 1 is 1.29 bits per heavy atom. The van der Waals surface area contributed by atoms with Crippen molar-refractivity contribution in [1.29, 1.82) is 0 Å². The Hall–Kier alpha value is -0.300. The van der Waals surface area contributed by atoms with Gasteiger partial charge in [0.25, 0.3) is 0 Å². The second-order valence-electron chi connectivity index (χ2n) is 3.23. The number of hydrogen-bond acceptors (Lipinski definition) is 3. The summed E-state index contributed by atoms with van der Waals surface area (Å²) in [5.74, 6) is -0.286.